The third-order valence-electron chi connectivity index (χ3n) is 4.69. The van der Waals surface area contributed by atoms with Gasteiger partial charge < -0.3 is 14.8 Å². The first-order chi connectivity index (χ1) is 17.1. The molecule has 0 bridgehead atoms. The van der Waals surface area contributed by atoms with Gasteiger partial charge >= 0.3 is 11.9 Å². The van der Waals surface area contributed by atoms with Crippen molar-refractivity contribution in [3.63, 3.8) is 0 Å². The number of halogens is 3. The number of hydrogen-bond acceptors (Lipinski definition) is 6. The number of alkyl halides is 3. The molecule has 184 valence electrons. The lowest BCUT2D eigenvalue weighted by Gasteiger charge is -2.10. The molecule has 0 saturated heterocycles. The van der Waals surface area contributed by atoms with E-state index in [0.29, 0.717) is 35.7 Å². The predicted octanol–water partition coefficient (Wildman–Crippen LogP) is 6.35. The topological polar surface area (TPSA) is 114 Å². The third-order valence-corrected chi connectivity index (χ3v) is 4.69. The highest BCUT2D eigenvalue weighted by Gasteiger charge is 2.33. The van der Waals surface area contributed by atoms with Crippen LogP contribution in [0.2, 0.25) is 0 Å². The fraction of sp³-hybridized carbons (Fsp3) is 0.120. The number of nitro groups is 1. The minimum Gasteiger partial charge on any atom is -0.494 e. The Bertz CT molecular complexity index is 1330. The molecule has 1 amide bonds. The normalized spacial score (nSPS) is 11.4. The SMILES string of the molecule is CCOc1ccc(NC(=O)/C(C#N)=C\c2ccc(Oc3ccc(C(F)(F)F)cc3[N+](=O)[O-])cc2)cc1. The molecule has 8 nitrogen and oxygen atoms in total. The molecule has 0 atom stereocenters. The largest absolute Gasteiger partial charge is 0.494 e. The van der Waals surface area contributed by atoms with Crippen molar-refractivity contribution in [1.82, 2.24) is 0 Å². The average molecular weight is 497 g/mol. The van der Waals surface area contributed by atoms with E-state index < -0.39 is 28.3 Å². The fourth-order valence-corrected chi connectivity index (χ4v) is 3.00. The van der Waals surface area contributed by atoms with E-state index in [1.54, 1.807) is 24.3 Å². The predicted molar refractivity (Wildman–Crippen MR) is 124 cm³/mol. The van der Waals surface area contributed by atoms with Crippen molar-refractivity contribution in [3.8, 4) is 23.3 Å². The first-order valence-corrected chi connectivity index (χ1v) is 10.4. The second-order valence-corrected chi connectivity index (χ2v) is 7.19. The van der Waals surface area contributed by atoms with Gasteiger partial charge in [0.25, 0.3) is 5.91 Å². The first-order valence-electron chi connectivity index (χ1n) is 10.4. The molecule has 0 aliphatic carbocycles. The second-order valence-electron chi connectivity index (χ2n) is 7.19. The second kappa shape index (κ2) is 11.1. The summed E-state index contributed by atoms with van der Waals surface area (Å²) in [4.78, 5) is 22.7. The summed E-state index contributed by atoms with van der Waals surface area (Å²) in [7, 11) is 0. The molecular weight excluding hydrogens is 479 g/mol. The van der Waals surface area contributed by atoms with Crippen LogP contribution >= 0.6 is 0 Å². The first kappa shape index (κ1) is 25.8. The Morgan fingerprint density at radius 3 is 2.28 bits per heavy atom. The summed E-state index contributed by atoms with van der Waals surface area (Å²) in [6, 6.07) is 16.1. The van der Waals surface area contributed by atoms with Gasteiger partial charge in [0, 0.05) is 11.8 Å². The highest BCUT2D eigenvalue weighted by molar-refractivity contribution is 6.09. The van der Waals surface area contributed by atoms with Gasteiger partial charge in [0.05, 0.1) is 17.1 Å². The van der Waals surface area contributed by atoms with E-state index in [1.165, 1.54) is 30.3 Å². The van der Waals surface area contributed by atoms with E-state index in [-0.39, 0.29) is 17.1 Å². The molecule has 11 heteroatoms. The molecular formula is C25H18F3N3O5. The Morgan fingerprint density at radius 2 is 1.72 bits per heavy atom. The van der Waals surface area contributed by atoms with Crippen LogP contribution in [0.4, 0.5) is 24.5 Å². The van der Waals surface area contributed by atoms with Crippen LogP contribution in [-0.4, -0.2) is 17.4 Å². The van der Waals surface area contributed by atoms with Gasteiger partial charge in [0.1, 0.15) is 23.1 Å². The van der Waals surface area contributed by atoms with Gasteiger partial charge in [-0.25, -0.2) is 0 Å². The number of nitriles is 1. The van der Waals surface area contributed by atoms with Crippen LogP contribution in [0, 0.1) is 21.4 Å². The summed E-state index contributed by atoms with van der Waals surface area (Å²) < 4.78 is 49.3. The lowest BCUT2D eigenvalue weighted by atomic mass is 10.1. The number of carbonyl (C=O) groups excluding carboxylic acids is 1. The van der Waals surface area contributed by atoms with Crippen LogP contribution in [-0.2, 0) is 11.0 Å². The van der Waals surface area contributed by atoms with Crippen LogP contribution < -0.4 is 14.8 Å². The summed E-state index contributed by atoms with van der Waals surface area (Å²) in [5.74, 6) is -0.269. The third kappa shape index (κ3) is 6.60. The summed E-state index contributed by atoms with van der Waals surface area (Å²) >= 11 is 0. The molecule has 0 unspecified atom stereocenters. The molecule has 0 spiro atoms. The van der Waals surface area contributed by atoms with Crippen molar-refractivity contribution >= 4 is 23.4 Å². The monoisotopic (exact) mass is 497 g/mol. The molecule has 3 rings (SSSR count). The number of hydrogen-bond donors (Lipinski definition) is 1. The smallest absolute Gasteiger partial charge is 0.416 e. The number of nitrogens with zero attached hydrogens (tertiary/aromatic N) is 2. The van der Waals surface area contributed by atoms with Crippen molar-refractivity contribution in [2.75, 3.05) is 11.9 Å². The van der Waals surface area contributed by atoms with Crippen molar-refractivity contribution < 1.29 is 32.4 Å². The van der Waals surface area contributed by atoms with Gasteiger partial charge in [-0.2, -0.15) is 18.4 Å². The molecule has 0 aliphatic rings. The molecule has 0 radical (unpaired) electrons. The molecule has 0 heterocycles. The lowest BCUT2D eigenvalue weighted by Crippen LogP contribution is -2.13. The van der Waals surface area contributed by atoms with Gasteiger partial charge in [-0.1, -0.05) is 12.1 Å². The van der Waals surface area contributed by atoms with Crippen LogP contribution in [0.1, 0.15) is 18.1 Å². The highest BCUT2D eigenvalue weighted by Crippen LogP contribution is 2.37. The number of ether oxygens (including phenoxy) is 2. The molecule has 1 N–H and O–H groups in total. The van der Waals surface area contributed by atoms with Crippen molar-refractivity contribution in [1.29, 1.82) is 5.26 Å². The van der Waals surface area contributed by atoms with Crippen molar-refractivity contribution in [2.24, 2.45) is 0 Å². The van der Waals surface area contributed by atoms with Gasteiger partial charge in [-0.3, -0.25) is 14.9 Å². The van der Waals surface area contributed by atoms with E-state index >= 15 is 0 Å². The zero-order valence-electron chi connectivity index (χ0n) is 18.7. The van der Waals surface area contributed by atoms with Gasteiger partial charge in [-0.15, -0.1) is 0 Å². The summed E-state index contributed by atoms with van der Waals surface area (Å²) in [6.45, 7) is 2.34. The Labute approximate surface area is 203 Å². The quantitative estimate of drug-likeness (QED) is 0.168. The van der Waals surface area contributed by atoms with Crippen molar-refractivity contribution in [2.45, 2.75) is 13.1 Å². The molecule has 0 aliphatic heterocycles. The summed E-state index contributed by atoms with van der Waals surface area (Å²) in [6.07, 6.45) is -3.41. The molecule has 36 heavy (non-hydrogen) atoms. The maximum Gasteiger partial charge on any atom is 0.416 e. The summed E-state index contributed by atoms with van der Waals surface area (Å²) in [5, 5.41) is 23.2. The number of benzene rings is 3. The van der Waals surface area contributed by atoms with Gasteiger partial charge in [-0.05, 0) is 67.1 Å². The summed E-state index contributed by atoms with van der Waals surface area (Å²) in [5.41, 5.74) is -1.29. The van der Waals surface area contributed by atoms with E-state index in [4.69, 9.17) is 9.47 Å². The minimum atomic E-state index is -4.74. The number of nitrogens with one attached hydrogen (secondary N) is 1. The zero-order valence-corrected chi connectivity index (χ0v) is 18.7. The van der Waals surface area contributed by atoms with Crippen LogP contribution in [0.15, 0.2) is 72.3 Å². The lowest BCUT2D eigenvalue weighted by molar-refractivity contribution is -0.385. The molecule has 0 aromatic heterocycles. The van der Waals surface area contributed by atoms with Gasteiger partial charge in [0.15, 0.2) is 0 Å². The maximum atomic E-state index is 12.9. The Balaban J connectivity index is 1.74. The number of amides is 1. The average Bonchev–Trinajstić information content (AvgIpc) is 2.84. The van der Waals surface area contributed by atoms with Crippen molar-refractivity contribution in [3.05, 3.63) is 93.5 Å². The molecule has 0 fully saturated rings. The standard InChI is InChI=1S/C25H18F3N3O5/c1-2-35-20-10-6-19(7-11-20)30-24(32)17(15-29)13-16-3-8-21(9-4-16)36-23-12-5-18(25(26,27)28)14-22(23)31(33)34/h3-14H,2H2,1H3,(H,30,32)/b17-13-. The van der Waals surface area contributed by atoms with Crippen LogP contribution in [0.3, 0.4) is 0 Å². The Hall–Kier alpha value is -4.85. The number of anilines is 1. The molecule has 0 saturated carbocycles. The minimum absolute atomic E-state index is 0.104. The van der Waals surface area contributed by atoms with Gasteiger partial charge in [0.2, 0.25) is 5.75 Å². The number of rotatable bonds is 8. The zero-order chi connectivity index (χ0) is 26.3. The fourth-order valence-electron chi connectivity index (χ4n) is 3.00. The highest BCUT2D eigenvalue weighted by atomic mass is 19.4. The Kier molecular flexibility index (Phi) is 7.91. The van der Waals surface area contributed by atoms with Crippen LogP contribution in [0.5, 0.6) is 17.2 Å². The number of nitro benzene ring substituents is 1. The Morgan fingerprint density at radius 1 is 1.08 bits per heavy atom. The van der Waals surface area contributed by atoms with E-state index in [9.17, 15) is 33.3 Å². The molecule has 3 aromatic carbocycles. The van der Waals surface area contributed by atoms with E-state index in [1.807, 2.05) is 13.0 Å². The number of carbonyl (C=O) groups is 1. The van der Waals surface area contributed by atoms with E-state index in [0.717, 1.165) is 6.07 Å². The molecule has 3 aromatic rings. The maximum absolute atomic E-state index is 12.9. The van der Waals surface area contributed by atoms with E-state index in [2.05, 4.69) is 5.32 Å². The van der Waals surface area contributed by atoms with Crippen LogP contribution in [0.25, 0.3) is 6.08 Å².